The van der Waals surface area contributed by atoms with Gasteiger partial charge in [-0.3, -0.25) is 0 Å². The van der Waals surface area contributed by atoms with E-state index < -0.39 is 5.60 Å². The highest BCUT2D eigenvalue weighted by atomic mass is 16.6. The van der Waals surface area contributed by atoms with Crippen LogP contribution in [0.1, 0.15) is 20.8 Å². The van der Waals surface area contributed by atoms with E-state index in [-0.39, 0.29) is 6.09 Å². The number of ether oxygens (including phenoxy) is 1. The summed E-state index contributed by atoms with van der Waals surface area (Å²) in [6.07, 6.45) is -0.220. The molecule has 0 unspecified atom stereocenters. The van der Waals surface area contributed by atoms with Gasteiger partial charge >= 0.3 is 6.09 Å². The van der Waals surface area contributed by atoms with E-state index in [2.05, 4.69) is 5.32 Å². The lowest BCUT2D eigenvalue weighted by Crippen LogP contribution is -2.45. The van der Waals surface area contributed by atoms with Gasteiger partial charge in [-0.1, -0.05) is 0 Å². The second-order valence-corrected chi connectivity index (χ2v) is 4.14. The third-order valence-electron chi connectivity index (χ3n) is 1.71. The van der Waals surface area contributed by atoms with Gasteiger partial charge in [0.2, 0.25) is 0 Å². The number of piperazine rings is 1. The average Bonchev–Trinajstić information content (AvgIpc) is 2.03. The molecule has 0 aromatic carbocycles. The molecule has 1 rings (SSSR count). The standard InChI is InChI=1S/C9H17N2O2/c1-9(2,3)13-8(12)11-6-4-10-5-7-11/h4-7H2,1-3H3. The van der Waals surface area contributed by atoms with Gasteiger partial charge in [0, 0.05) is 26.2 Å². The molecule has 75 valence electrons. The van der Waals surface area contributed by atoms with Gasteiger partial charge in [-0.05, 0) is 20.8 Å². The van der Waals surface area contributed by atoms with E-state index in [1.54, 1.807) is 4.90 Å². The molecule has 1 aliphatic heterocycles. The molecule has 0 bridgehead atoms. The zero-order chi connectivity index (χ0) is 9.90. The maximum Gasteiger partial charge on any atom is 0.410 e. The molecule has 1 saturated heterocycles. The summed E-state index contributed by atoms with van der Waals surface area (Å²) in [5.74, 6) is 0. The van der Waals surface area contributed by atoms with Crippen LogP contribution in [0.4, 0.5) is 4.79 Å². The van der Waals surface area contributed by atoms with E-state index in [4.69, 9.17) is 4.74 Å². The highest BCUT2D eigenvalue weighted by molar-refractivity contribution is 5.68. The summed E-state index contributed by atoms with van der Waals surface area (Å²) in [5, 5.41) is 4.16. The van der Waals surface area contributed by atoms with Gasteiger partial charge in [0.25, 0.3) is 0 Å². The Morgan fingerprint density at radius 2 is 1.85 bits per heavy atom. The normalized spacial score (nSPS) is 18.5. The fraction of sp³-hybridized carbons (Fsp3) is 0.889. The van der Waals surface area contributed by atoms with Crippen molar-refractivity contribution in [2.45, 2.75) is 26.4 Å². The highest BCUT2D eigenvalue weighted by Crippen LogP contribution is 2.10. The maximum atomic E-state index is 11.5. The highest BCUT2D eigenvalue weighted by Gasteiger charge is 2.23. The van der Waals surface area contributed by atoms with E-state index in [9.17, 15) is 4.79 Å². The van der Waals surface area contributed by atoms with Crippen LogP contribution in [-0.4, -0.2) is 42.8 Å². The Labute approximate surface area is 79.2 Å². The summed E-state index contributed by atoms with van der Waals surface area (Å²) in [5.41, 5.74) is -0.397. The van der Waals surface area contributed by atoms with Crippen molar-refractivity contribution in [3.05, 3.63) is 0 Å². The van der Waals surface area contributed by atoms with Crippen molar-refractivity contribution in [3.63, 3.8) is 0 Å². The van der Waals surface area contributed by atoms with Crippen LogP contribution < -0.4 is 5.32 Å². The predicted octanol–water partition coefficient (Wildman–Crippen LogP) is 0.841. The van der Waals surface area contributed by atoms with Crippen LogP contribution in [0.2, 0.25) is 0 Å². The van der Waals surface area contributed by atoms with E-state index in [0.29, 0.717) is 13.1 Å². The van der Waals surface area contributed by atoms with E-state index in [1.807, 2.05) is 20.8 Å². The molecule has 0 saturated carbocycles. The molecule has 0 aromatic heterocycles. The van der Waals surface area contributed by atoms with Gasteiger partial charge in [-0.15, -0.1) is 0 Å². The lowest BCUT2D eigenvalue weighted by atomic mass is 10.2. The first kappa shape index (κ1) is 10.3. The largest absolute Gasteiger partial charge is 0.444 e. The van der Waals surface area contributed by atoms with Crippen LogP contribution in [-0.2, 0) is 4.74 Å². The van der Waals surface area contributed by atoms with Crippen molar-refractivity contribution in [2.24, 2.45) is 0 Å². The first-order valence-electron chi connectivity index (χ1n) is 4.60. The molecule has 0 aromatic rings. The third kappa shape index (κ3) is 3.63. The van der Waals surface area contributed by atoms with Gasteiger partial charge in [-0.2, -0.15) is 0 Å². The predicted molar refractivity (Wildman–Crippen MR) is 49.7 cm³/mol. The van der Waals surface area contributed by atoms with Crippen molar-refractivity contribution >= 4 is 6.09 Å². The monoisotopic (exact) mass is 185 g/mol. The summed E-state index contributed by atoms with van der Waals surface area (Å²) in [4.78, 5) is 13.2. The van der Waals surface area contributed by atoms with Crippen LogP contribution in [0.15, 0.2) is 0 Å². The zero-order valence-electron chi connectivity index (χ0n) is 8.54. The SMILES string of the molecule is CC(C)(C)OC(=O)N1CC[N]CC1. The molecule has 13 heavy (non-hydrogen) atoms. The van der Waals surface area contributed by atoms with E-state index in [0.717, 1.165) is 13.1 Å². The number of amides is 1. The van der Waals surface area contributed by atoms with E-state index >= 15 is 0 Å². The van der Waals surface area contributed by atoms with Gasteiger partial charge in [-0.25, -0.2) is 10.1 Å². The minimum absolute atomic E-state index is 0.220. The molecule has 4 nitrogen and oxygen atoms in total. The number of hydrogen-bond acceptors (Lipinski definition) is 2. The second kappa shape index (κ2) is 3.96. The fourth-order valence-electron chi connectivity index (χ4n) is 1.12. The van der Waals surface area contributed by atoms with Crippen LogP contribution in [0, 0.1) is 0 Å². The quantitative estimate of drug-likeness (QED) is 0.561. The molecule has 4 heteroatoms. The molecule has 1 amide bonds. The average molecular weight is 185 g/mol. The Balaban J connectivity index is 2.38. The Morgan fingerprint density at radius 1 is 1.31 bits per heavy atom. The Bertz CT molecular complexity index is 181. The van der Waals surface area contributed by atoms with Crippen molar-refractivity contribution in [1.82, 2.24) is 10.2 Å². The first-order valence-corrected chi connectivity index (χ1v) is 4.60. The molecule has 1 aliphatic rings. The minimum atomic E-state index is -0.397. The van der Waals surface area contributed by atoms with Crippen molar-refractivity contribution in [3.8, 4) is 0 Å². The lowest BCUT2D eigenvalue weighted by Gasteiger charge is -2.29. The van der Waals surface area contributed by atoms with Gasteiger partial charge in [0.15, 0.2) is 0 Å². The smallest absolute Gasteiger partial charge is 0.410 e. The summed E-state index contributed by atoms with van der Waals surface area (Å²) in [6.45, 7) is 8.47. The zero-order valence-corrected chi connectivity index (χ0v) is 8.54. The Hall–Kier alpha value is -0.770. The molecule has 0 N–H and O–H groups in total. The maximum absolute atomic E-state index is 11.5. The topological polar surface area (TPSA) is 43.6 Å². The summed E-state index contributed by atoms with van der Waals surface area (Å²) < 4.78 is 5.22. The molecular formula is C9H17N2O2. The van der Waals surface area contributed by atoms with Crippen LogP contribution in [0.5, 0.6) is 0 Å². The van der Waals surface area contributed by atoms with Crippen molar-refractivity contribution in [1.29, 1.82) is 0 Å². The number of rotatable bonds is 0. The lowest BCUT2D eigenvalue weighted by molar-refractivity contribution is 0.0227. The van der Waals surface area contributed by atoms with Crippen LogP contribution in [0.3, 0.4) is 0 Å². The summed E-state index contributed by atoms with van der Waals surface area (Å²) in [6, 6.07) is 0. The number of nitrogens with zero attached hydrogens (tertiary/aromatic N) is 2. The van der Waals surface area contributed by atoms with Crippen molar-refractivity contribution < 1.29 is 9.53 Å². The Kier molecular flexibility index (Phi) is 3.14. The van der Waals surface area contributed by atoms with Gasteiger partial charge in [0.1, 0.15) is 5.60 Å². The third-order valence-corrected chi connectivity index (χ3v) is 1.71. The number of carbonyl (C=O) groups excluding carboxylic acids is 1. The first-order chi connectivity index (χ1) is 5.99. The van der Waals surface area contributed by atoms with Crippen LogP contribution >= 0.6 is 0 Å². The van der Waals surface area contributed by atoms with Crippen molar-refractivity contribution in [2.75, 3.05) is 26.2 Å². The molecule has 1 heterocycles. The molecule has 0 atom stereocenters. The fourth-order valence-corrected chi connectivity index (χ4v) is 1.12. The van der Waals surface area contributed by atoms with Crippen LogP contribution in [0.25, 0.3) is 0 Å². The molecule has 1 fully saturated rings. The van der Waals surface area contributed by atoms with Gasteiger partial charge < -0.3 is 9.64 Å². The molecule has 1 radical (unpaired) electrons. The molecular weight excluding hydrogens is 168 g/mol. The second-order valence-electron chi connectivity index (χ2n) is 4.14. The Morgan fingerprint density at radius 3 is 2.31 bits per heavy atom. The molecule has 0 aliphatic carbocycles. The molecule has 0 spiro atoms. The van der Waals surface area contributed by atoms with E-state index in [1.165, 1.54) is 0 Å². The number of carbonyl (C=O) groups is 1. The minimum Gasteiger partial charge on any atom is -0.444 e. The summed E-state index contributed by atoms with van der Waals surface area (Å²) >= 11 is 0. The number of hydrogen-bond donors (Lipinski definition) is 0. The summed E-state index contributed by atoms with van der Waals surface area (Å²) in [7, 11) is 0. The van der Waals surface area contributed by atoms with Gasteiger partial charge in [0.05, 0.1) is 0 Å².